The van der Waals surface area contributed by atoms with Gasteiger partial charge in [0.1, 0.15) is 0 Å². The Hall–Kier alpha value is -1.06. The highest BCUT2D eigenvalue weighted by Gasteiger charge is 2.34. The minimum absolute atomic E-state index is 0.208. The summed E-state index contributed by atoms with van der Waals surface area (Å²) in [6.45, 7) is 4.87. The van der Waals surface area contributed by atoms with Gasteiger partial charge >= 0.3 is 5.69 Å². The first kappa shape index (κ1) is 17.3. The first-order valence-electron chi connectivity index (χ1n) is 7.04. The van der Waals surface area contributed by atoms with Crippen molar-refractivity contribution in [2.24, 2.45) is 20.0 Å². The number of nitrogens with zero attached hydrogens (tertiary/aromatic N) is 3. The molecule has 0 unspecified atom stereocenters. The Balaban J connectivity index is 2.48. The molecule has 124 valence electrons. The van der Waals surface area contributed by atoms with Gasteiger partial charge in [0.2, 0.25) is 10.0 Å². The van der Waals surface area contributed by atoms with E-state index in [1.54, 1.807) is 11.8 Å². The van der Waals surface area contributed by atoms with Crippen molar-refractivity contribution < 1.29 is 8.42 Å². The molecule has 1 aliphatic rings. The van der Waals surface area contributed by atoms with Crippen molar-refractivity contribution in [1.82, 2.24) is 13.4 Å². The Kier molecular flexibility index (Phi) is 4.88. The van der Waals surface area contributed by atoms with Gasteiger partial charge in [-0.05, 0) is 5.92 Å². The van der Waals surface area contributed by atoms with Crippen LogP contribution in [-0.2, 0) is 24.1 Å². The number of aromatic nitrogens is 2. The first-order valence-corrected chi connectivity index (χ1v) is 9.53. The summed E-state index contributed by atoms with van der Waals surface area (Å²) in [5.74, 6) is 1.06. The summed E-state index contributed by atoms with van der Waals surface area (Å²) >= 11 is 1.75. The minimum atomic E-state index is -3.89. The van der Waals surface area contributed by atoms with Crippen LogP contribution in [0.4, 0.5) is 0 Å². The van der Waals surface area contributed by atoms with Gasteiger partial charge < -0.3 is 4.57 Å². The lowest BCUT2D eigenvalue weighted by Gasteiger charge is -2.33. The molecule has 22 heavy (non-hydrogen) atoms. The predicted octanol–water partition coefficient (Wildman–Crippen LogP) is -0.154. The summed E-state index contributed by atoms with van der Waals surface area (Å²) in [5, 5.41) is 0.208. The maximum atomic E-state index is 12.8. The molecule has 1 aromatic rings. The zero-order chi connectivity index (χ0) is 16.7. The van der Waals surface area contributed by atoms with Crippen molar-refractivity contribution in [2.45, 2.75) is 24.0 Å². The molecule has 7 nitrogen and oxygen atoms in total. The van der Waals surface area contributed by atoms with Crippen molar-refractivity contribution in [3.8, 4) is 0 Å². The molecule has 2 rings (SSSR count). The van der Waals surface area contributed by atoms with Gasteiger partial charge in [-0.3, -0.25) is 9.36 Å². The molecule has 0 radical (unpaired) electrons. The molecule has 1 atom stereocenters. The second-order valence-corrected chi connectivity index (χ2v) is 9.02. The fourth-order valence-electron chi connectivity index (χ4n) is 2.36. The van der Waals surface area contributed by atoms with Crippen molar-refractivity contribution >= 4 is 21.8 Å². The molecule has 1 fully saturated rings. The van der Waals surface area contributed by atoms with Gasteiger partial charge in [0.15, 0.2) is 4.90 Å². The van der Waals surface area contributed by atoms with Crippen molar-refractivity contribution in [3.63, 3.8) is 0 Å². The maximum absolute atomic E-state index is 12.8. The average Bonchev–Trinajstić information content (AvgIpc) is 2.48. The zero-order valence-corrected chi connectivity index (χ0v) is 14.8. The van der Waals surface area contributed by atoms with E-state index in [0.29, 0.717) is 24.8 Å². The third-order valence-electron chi connectivity index (χ3n) is 3.83. The quantitative estimate of drug-likeness (QED) is 0.759. The minimum Gasteiger partial charge on any atom is -0.302 e. The molecular weight excluding hydrogens is 326 g/mol. The van der Waals surface area contributed by atoms with Crippen LogP contribution in [-0.4, -0.2) is 45.9 Å². The smallest absolute Gasteiger partial charge is 0.302 e. The molecule has 0 spiro atoms. The van der Waals surface area contributed by atoms with Crippen LogP contribution < -0.4 is 11.2 Å². The summed E-state index contributed by atoms with van der Waals surface area (Å²) in [6.07, 6.45) is 1.12. The average molecular weight is 347 g/mol. The second-order valence-electron chi connectivity index (χ2n) is 5.77. The summed E-state index contributed by atoms with van der Waals surface area (Å²) in [6, 6.07) is 0. The largest absolute Gasteiger partial charge is 0.330 e. The van der Waals surface area contributed by atoms with E-state index in [1.807, 2.05) is 0 Å². The molecular formula is C13H21N3O4S2. The van der Waals surface area contributed by atoms with Gasteiger partial charge in [-0.2, -0.15) is 16.1 Å². The van der Waals surface area contributed by atoms with Gasteiger partial charge in [-0.15, -0.1) is 0 Å². The summed E-state index contributed by atoms with van der Waals surface area (Å²) in [7, 11) is -1.18. The van der Waals surface area contributed by atoms with Crippen LogP contribution in [0.5, 0.6) is 0 Å². The van der Waals surface area contributed by atoms with Crippen LogP contribution in [0.1, 0.15) is 13.8 Å². The van der Waals surface area contributed by atoms with E-state index in [2.05, 4.69) is 13.8 Å². The molecule has 9 heteroatoms. The number of sulfonamides is 1. The zero-order valence-electron chi connectivity index (χ0n) is 13.1. The van der Waals surface area contributed by atoms with E-state index in [4.69, 9.17) is 0 Å². The molecule has 0 N–H and O–H groups in total. The Morgan fingerprint density at radius 3 is 2.50 bits per heavy atom. The number of hydrogen-bond donors (Lipinski definition) is 0. The molecule has 0 bridgehead atoms. The Morgan fingerprint density at radius 1 is 1.27 bits per heavy atom. The predicted molar refractivity (Wildman–Crippen MR) is 86.8 cm³/mol. The SMILES string of the molecule is CC(C)[C@H]1CN(S(=O)(=O)c2cn(C)c(=O)n(C)c2=O)CCS1. The number of rotatable bonds is 3. The van der Waals surface area contributed by atoms with Gasteiger partial charge in [-0.1, -0.05) is 13.8 Å². The standard InChI is InChI=1S/C13H21N3O4S2/c1-9(2)10-7-16(5-6-21-10)22(19,20)11-8-14(3)13(18)15(4)12(11)17/h8-10H,5-7H2,1-4H3/t10-/m1/s1. The molecule has 1 saturated heterocycles. The van der Waals surface area contributed by atoms with Gasteiger partial charge in [-0.25, -0.2) is 13.2 Å². The molecule has 1 aromatic heterocycles. The second kappa shape index (κ2) is 6.21. The number of hydrogen-bond acceptors (Lipinski definition) is 5. The highest BCUT2D eigenvalue weighted by Crippen LogP contribution is 2.27. The fourth-order valence-corrected chi connectivity index (χ4v) is 5.49. The molecule has 0 aromatic carbocycles. The third-order valence-corrected chi connectivity index (χ3v) is 7.22. The molecule has 1 aliphatic heterocycles. The van der Waals surface area contributed by atoms with Crippen molar-refractivity contribution in [2.75, 3.05) is 18.8 Å². The van der Waals surface area contributed by atoms with Crippen LogP contribution >= 0.6 is 11.8 Å². The van der Waals surface area contributed by atoms with Crippen LogP contribution in [0.3, 0.4) is 0 Å². The molecule has 0 amide bonds. The van der Waals surface area contributed by atoms with Gasteiger partial charge in [0.25, 0.3) is 5.56 Å². The summed E-state index contributed by atoms with van der Waals surface area (Å²) < 4.78 is 28.9. The monoisotopic (exact) mass is 347 g/mol. The third kappa shape index (κ3) is 3.02. The van der Waals surface area contributed by atoms with E-state index in [9.17, 15) is 18.0 Å². The van der Waals surface area contributed by atoms with E-state index in [1.165, 1.54) is 18.4 Å². The van der Waals surface area contributed by atoms with E-state index in [0.717, 1.165) is 15.3 Å². The highest BCUT2D eigenvalue weighted by atomic mass is 32.2. The Bertz CT molecular complexity index is 779. The lowest BCUT2D eigenvalue weighted by Crippen LogP contribution is -2.47. The summed E-state index contributed by atoms with van der Waals surface area (Å²) in [5.41, 5.74) is -1.32. The highest BCUT2D eigenvalue weighted by molar-refractivity contribution is 8.00. The summed E-state index contributed by atoms with van der Waals surface area (Å²) in [4.78, 5) is 23.5. The van der Waals surface area contributed by atoms with Crippen molar-refractivity contribution in [3.05, 3.63) is 27.0 Å². The topological polar surface area (TPSA) is 81.4 Å². The van der Waals surface area contributed by atoms with E-state index in [-0.39, 0.29) is 10.1 Å². The lowest BCUT2D eigenvalue weighted by atomic mass is 10.1. The fraction of sp³-hybridized carbons (Fsp3) is 0.692. The normalized spacial score (nSPS) is 20.5. The molecule has 0 saturated carbocycles. The van der Waals surface area contributed by atoms with Crippen LogP contribution in [0, 0.1) is 5.92 Å². The number of thioether (sulfide) groups is 1. The number of aryl methyl sites for hydroxylation is 1. The van der Waals surface area contributed by atoms with Gasteiger partial charge in [0, 0.05) is 44.4 Å². The van der Waals surface area contributed by atoms with E-state index >= 15 is 0 Å². The van der Waals surface area contributed by atoms with Crippen molar-refractivity contribution in [1.29, 1.82) is 0 Å². The van der Waals surface area contributed by atoms with E-state index < -0.39 is 21.3 Å². The van der Waals surface area contributed by atoms with Crippen LogP contribution in [0.25, 0.3) is 0 Å². The van der Waals surface area contributed by atoms with Gasteiger partial charge in [0.05, 0.1) is 0 Å². The lowest BCUT2D eigenvalue weighted by molar-refractivity contribution is 0.390. The van der Waals surface area contributed by atoms with Crippen LogP contribution in [0.2, 0.25) is 0 Å². The first-order chi connectivity index (χ1) is 10.2. The molecule has 0 aliphatic carbocycles. The Labute approximate surface area is 134 Å². The van der Waals surface area contributed by atoms with Crippen LogP contribution in [0.15, 0.2) is 20.7 Å². The molecule has 2 heterocycles. The maximum Gasteiger partial charge on any atom is 0.330 e. The Morgan fingerprint density at radius 2 is 1.91 bits per heavy atom.